The van der Waals surface area contributed by atoms with E-state index in [-0.39, 0.29) is 0 Å². The average molecular weight is 393 g/mol. The van der Waals surface area contributed by atoms with Gasteiger partial charge in [-0.05, 0) is 31.6 Å². The van der Waals surface area contributed by atoms with Crippen LogP contribution < -0.4 is 0 Å². The van der Waals surface area contributed by atoms with Crippen molar-refractivity contribution in [3.05, 3.63) is 0 Å². The number of rotatable bonds is 18. The molecule has 0 aromatic heterocycles. The van der Waals surface area contributed by atoms with Gasteiger partial charge in [0.05, 0.1) is 18.3 Å². The largest absolute Gasteiger partial charge is 0.378 e. The molecule has 1 saturated heterocycles. The van der Waals surface area contributed by atoms with Gasteiger partial charge >= 0.3 is 0 Å². The summed E-state index contributed by atoms with van der Waals surface area (Å²) in [6.45, 7) is 3.29. The summed E-state index contributed by atoms with van der Waals surface area (Å²) >= 11 is 0. The van der Waals surface area contributed by atoms with E-state index >= 15 is 0 Å². The third-order valence-electron chi connectivity index (χ3n) is 7.66. The van der Waals surface area contributed by atoms with Crippen LogP contribution in [0.3, 0.4) is 0 Å². The highest BCUT2D eigenvalue weighted by molar-refractivity contribution is 5.07. The Bertz CT molecular complexity index is 396. The van der Waals surface area contributed by atoms with E-state index in [2.05, 4.69) is 6.92 Å². The first-order valence-electron chi connectivity index (χ1n) is 13.2. The van der Waals surface area contributed by atoms with E-state index in [1.165, 1.54) is 122 Å². The van der Waals surface area contributed by atoms with Gasteiger partial charge in [0.25, 0.3) is 0 Å². The number of hydrogen-bond donors (Lipinski definition) is 0. The Labute approximate surface area is 175 Å². The summed E-state index contributed by atoms with van der Waals surface area (Å²) in [6.07, 6.45) is 28.7. The molecule has 2 bridgehead atoms. The van der Waals surface area contributed by atoms with Gasteiger partial charge in [0, 0.05) is 12.5 Å². The molecule has 0 aromatic carbocycles. The Morgan fingerprint density at radius 2 is 1.18 bits per heavy atom. The number of unbranched alkanes of at least 4 members (excludes halogenated alkanes) is 15. The molecule has 3 aliphatic carbocycles. The third kappa shape index (κ3) is 7.63. The van der Waals surface area contributed by atoms with Crippen LogP contribution in [0.1, 0.15) is 129 Å². The van der Waals surface area contributed by atoms with Crippen LogP contribution in [0.15, 0.2) is 0 Å². The number of epoxide rings is 1. The van der Waals surface area contributed by atoms with Crippen LogP contribution in [0.2, 0.25) is 0 Å². The minimum Gasteiger partial charge on any atom is -0.378 e. The highest BCUT2D eigenvalue weighted by Crippen LogP contribution is 2.53. The fourth-order valence-electron chi connectivity index (χ4n) is 5.79. The molecule has 0 amide bonds. The number of ether oxygens (including phenoxy) is 2. The van der Waals surface area contributed by atoms with Gasteiger partial charge in [-0.1, -0.05) is 103 Å². The Morgan fingerprint density at radius 1 is 0.643 bits per heavy atom. The lowest BCUT2D eigenvalue weighted by Gasteiger charge is -2.39. The van der Waals surface area contributed by atoms with E-state index in [0.29, 0.717) is 18.3 Å². The molecule has 5 unspecified atom stereocenters. The molecule has 1 heterocycles. The van der Waals surface area contributed by atoms with E-state index in [1.807, 2.05) is 0 Å². The van der Waals surface area contributed by atoms with Gasteiger partial charge in [-0.2, -0.15) is 0 Å². The Hall–Kier alpha value is -0.0800. The van der Waals surface area contributed by atoms with Crippen molar-refractivity contribution in [3.8, 4) is 0 Å². The van der Waals surface area contributed by atoms with Crippen molar-refractivity contribution in [3.63, 3.8) is 0 Å². The van der Waals surface area contributed by atoms with Gasteiger partial charge in [-0.3, -0.25) is 0 Å². The zero-order chi connectivity index (χ0) is 19.4. The fraction of sp³-hybridized carbons (Fsp3) is 1.00. The molecular weight excluding hydrogens is 344 g/mol. The van der Waals surface area contributed by atoms with Crippen LogP contribution in [-0.2, 0) is 9.47 Å². The van der Waals surface area contributed by atoms with Gasteiger partial charge in [0.1, 0.15) is 0 Å². The van der Waals surface area contributed by atoms with Crippen LogP contribution >= 0.6 is 0 Å². The average Bonchev–Trinajstić information content (AvgIpc) is 3.53. The van der Waals surface area contributed by atoms with E-state index in [0.717, 1.165) is 18.4 Å². The van der Waals surface area contributed by atoms with Crippen molar-refractivity contribution in [2.45, 2.75) is 147 Å². The maximum atomic E-state index is 6.25. The molecule has 164 valence electrons. The molecule has 28 heavy (non-hydrogen) atoms. The molecule has 4 aliphatic rings. The lowest BCUT2D eigenvalue weighted by atomic mass is 9.69. The van der Waals surface area contributed by atoms with Crippen LogP contribution in [0.25, 0.3) is 0 Å². The molecule has 2 nitrogen and oxygen atoms in total. The van der Waals surface area contributed by atoms with Crippen LogP contribution in [-0.4, -0.2) is 24.9 Å². The molecule has 4 fully saturated rings. The third-order valence-corrected chi connectivity index (χ3v) is 7.66. The molecule has 0 spiro atoms. The van der Waals surface area contributed by atoms with Gasteiger partial charge in [-0.25, -0.2) is 0 Å². The van der Waals surface area contributed by atoms with E-state index in [1.54, 1.807) is 0 Å². The molecule has 0 aromatic rings. The first-order valence-corrected chi connectivity index (χ1v) is 13.2. The Morgan fingerprint density at radius 3 is 1.71 bits per heavy atom. The molecule has 4 rings (SSSR count). The van der Waals surface area contributed by atoms with Gasteiger partial charge in [-0.15, -0.1) is 0 Å². The van der Waals surface area contributed by atoms with Gasteiger partial charge in [0.15, 0.2) is 0 Å². The van der Waals surface area contributed by atoms with Crippen molar-refractivity contribution in [2.75, 3.05) is 6.61 Å². The maximum absolute atomic E-state index is 6.25. The Kier molecular flexibility index (Phi) is 10.7. The summed E-state index contributed by atoms with van der Waals surface area (Å²) in [7, 11) is 0. The normalized spacial score (nSPS) is 30.5. The predicted molar refractivity (Wildman–Crippen MR) is 119 cm³/mol. The minimum absolute atomic E-state index is 0.527. The van der Waals surface area contributed by atoms with Crippen molar-refractivity contribution >= 4 is 0 Å². The minimum atomic E-state index is 0.527. The van der Waals surface area contributed by atoms with Crippen LogP contribution in [0.4, 0.5) is 0 Å². The lowest BCUT2D eigenvalue weighted by Crippen LogP contribution is -2.42. The van der Waals surface area contributed by atoms with Crippen LogP contribution in [0.5, 0.6) is 0 Å². The molecule has 1 aliphatic heterocycles. The summed E-state index contributed by atoms with van der Waals surface area (Å²) < 4.78 is 12.1. The van der Waals surface area contributed by atoms with E-state index in [9.17, 15) is 0 Å². The van der Waals surface area contributed by atoms with Crippen molar-refractivity contribution in [1.29, 1.82) is 0 Å². The SMILES string of the molecule is CCCCCCCCCCCCCCCCCCOC1CC2CCC1C1OC21. The number of hydrogen-bond acceptors (Lipinski definition) is 2. The summed E-state index contributed by atoms with van der Waals surface area (Å²) in [5.41, 5.74) is 0. The summed E-state index contributed by atoms with van der Waals surface area (Å²) in [5.74, 6) is 1.56. The molecular formula is C26H48O2. The molecule has 0 radical (unpaired) electrons. The first-order chi connectivity index (χ1) is 13.9. The summed E-state index contributed by atoms with van der Waals surface area (Å²) in [6, 6.07) is 0. The van der Waals surface area contributed by atoms with Crippen molar-refractivity contribution in [1.82, 2.24) is 0 Å². The second kappa shape index (κ2) is 13.3. The summed E-state index contributed by atoms with van der Waals surface area (Å²) in [5, 5.41) is 0. The second-order valence-corrected chi connectivity index (χ2v) is 10.0. The fourth-order valence-corrected chi connectivity index (χ4v) is 5.79. The van der Waals surface area contributed by atoms with Crippen LogP contribution in [0, 0.1) is 11.8 Å². The summed E-state index contributed by atoms with van der Waals surface area (Å²) in [4.78, 5) is 0. The smallest absolute Gasteiger partial charge is 0.0897 e. The lowest BCUT2D eigenvalue weighted by molar-refractivity contribution is -0.0431. The zero-order valence-corrected chi connectivity index (χ0v) is 18.8. The monoisotopic (exact) mass is 392 g/mol. The topological polar surface area (TPSA) is 21.8 Å². The molecule has 5 atom stereocenters. The maximum Gasteiger partial charge on any atom is 0.0897 e. The number of fused-ring (bicyclic) bond motifs is 2. The highest BCUT2D eigenvalue weighted by Gasteiger charge is 2.59. The van der Waals surface area contributed by atoms with Crippen molar-refractivity contribution < 1.29 is 9.47 Å². The molecule has 3 saturated carbocycles. The predicted octanol–water partition coefficient (Wildman–Crippen LogP) is 7.83. The van der Waals surface area contributed by atoms with Crippen molar-refractivity contribution in [2.24, 2.45) is 11.8 Å². The standard InChI is InChI=1S/C26H48O2/c1-2-3-4-5-6-7-8-9-10-11-12-13-14-15-16-17-20-27-24-21-22-18-19-23(24)26-25(22)28-26/h22-26H,2-21H2,1H3. The quantitative estimate of drug-likeness (QED) is 0.175. The zero-order valence-electron chi connectivity index (χ0n) is 18.8. The van der Waals surface area contributed by atoms with Gasteiger partial charge in [0.2, 0.25) is 0 Å². The van der Waals surface area contributed by atoms with Gasteiger partial charge < -0.3 is 9.47 Å². The second-order valence-electron chi connectivity index (χ2n) is 10.0. The van der Waals surface area contributed by atoms with E-state index < -0.39 is 0 Å². The highest BCUT2D eigenvalue weighted by atomic mass is 16.6. The molecule has 2 heteroatoms. The van der Waals surface area contributed by atoms with E-state index in [4.69, 9.17) is 9.47 Å². The first kappa shape index (κ1) is 22.6. The Balaban J connectivity index is 1.01. The molecule has 0 N–H and O–H groups in total.